The summed E-state index contributed by atoms with van der Waals surface area (Å²) < 4.78 is 82.5. The molecule has 0 atom stereocenters. The van der Waals surface area contributed by atoms with E-state index in [1.54, 1.807) is 0 Å². The van der Waals surface area contributed by atoms with Gasteiger partial charge < -0.3 is 4.74 Å². The fraction of sp³-hybridized carbons (Fsp3) is 0.188. The van der Waals surface area contributed by atoms with E-state index in [2.05, 4.69) is 0 Å². The maximum Gasteiger partial charge on any atom is 0.416 e. The molecule has 0 unspecified atom stereocenters. The minimum absolute atomic E-state index is 0.0412. The average Bonchev–Trinajstić information content (AvgIpc) is 2.52. The molecule has 2 nitrogen and oxygen atoms in total. The SMILES string of the molecule is COc1ccc(C=O)cc1-c1cc(C(F)(F)F)cc(C(F)(F)F)c1. The van der Waals surface area contributed by atoms with Crippen molar-refractivity contribution in [2.45, 2.75) is 12.4 Å². The molecule has 0 spiro atoms. The largest absolute Gasteiger partial charge is 0.496 e. The van der Waals surface area contributed by atoms with Crippen LogP contribution in [0.4, 0.5) is 26.3 Å². The highest BCUT2D eigenvalue weighted by Gasteiger charge is 2.37. The van der Waals surface area contributed by atoms with Crippen molar-refractivity contribution < 1.29 is 35.9 Å². The molecule has 0 N–H and O–H groups in total. The first-order valence-electron chi connectivity index (χ1n) is 6.49. The Labute approximate surface area is 132 Å². The number of carbonyl (C=O) groups excluding carboxylic acids is 1. The lowest BCUT2D eigenvalue weighted by atomic mass is 9.97. The fourth-order valence-corrected chi connectivity index (χ4v) is 2.13. The van der Waals surface area contributed by atoms with Crippen molar-refractivity contribution in [3.63, 3.8) is 0 Å². The standard InChI is InChI=1S/C16H10F6O2/c1-24-14-3-2-9(8-23)4-13(14)10-5-11(15(17,18)19)7-12(6-10)16(20,21)22/h2-8H,1H3. The summed E-state index contributed by atoms with van der Waals surface area (Å²) in [6, 6.07) is 5.02. The number of benzene rings is 2. The van der Waals surface area contributed by atoms with Crippen LogP contribution in [0.5, 0.6) is 5.75 Å². The van der Waals surface area contributed by atoms with Crippen LogP contribution in [0.15, 0.2) is 36.4 Å². The van der Waals surface area contributed by atoms with E-state index < -0.39 is 23.5 Å². The van der Waals surface area contributed by atoms with E-state index in [0.717, 1.165) is 0 Å². The summed E-state index contributed by atoms with van der Waals surface area (Å²) in [5.41, 5.74) is -3.18. The van der Waals surface area contributed by atoms with Crippen LogP contribution in [0.25, 0.3) is 11.1 Å². The van der Waals surface area contributed by atoms with Crippen molar-refractivity contribution in [2.24, 2.45) is 0 Å². The van der Waals surface area contributed by atoms with E-state index in [4.69, 9.17) is 4.74 Å². The Bertz CT molecular complexity index is 730. The van der Waals surface area contributed by atoms with Crippen molar-refractivity contribution in [2.75, 3.05) is 7.11 Å². The van der Waals surface area contributed by atoms with E-state index in [0.29, 0.717) is 18.4 Å². The zero-order valence-corrected chi connectivity index (χ0v) is 12.1. The minimum Gasteiger partial charge on any atom is -0.496 e. The molecule has 0 fully saturated rings. The minimum atomic E-state index is -4.95. The van der Waals surface area contributed by atoms with Crippen LogP contribution in [-0.4, -0.2) is 13.4 Å². The van der Waals surface area contributed by atoms with Gasteiger partial charge >= 0.3 is 12.4 Å². The predicted molar refractivity (Wildman–Crippen MR) is 73.8 cm³/mol. The Morgan fingerprint density at radius 1 is 0.875 bits per heavy atom. The van der Waals surface area contributed by atoms with Crippen LogP contribution in [0.2, 0.25) is 0 Å². The summed E-state index contributed by atoms with van der Waals surface area (Å²) in [4.78, 5) is 10.8. The van der Waals surface area contributed by atoms with Gasteiger partial charge in [0.25, 0.3) is 0 Å². The van der Waals surface area contributed by atoms with E-state index in [1.807, 2.05) is 0 Å². The Balaban J connectivity index is 2.76. The van der Waals surface area contributed by atoms with Gasteiger partial charge in [-0.15, -0.1) is 0 Å². The third-order valence-electron chi connectivity index (χ3n) is 3.26. The summed E-state index contributed by atoms with van der Waals surface area (Å²) in [6.07, 6.45) is -9.47. The zero-order valence-electron chi connectivity index (χ0n) is 12.1. The van der Waals surface area contributed by atoms with E-state index in [-0.39, 0.29) is 28.5 Å². The van der Waals surface area contributed by atoms with Crippen molar-refractivity contribution in [3.8, 4) is 16.9 Å². The Morgan fingerprint density at radius 3 is 1.83 bits per heavy atom. The zero-order chi connectivity index (χ0) is 18.1. The lowest BCUT2D eigenvalue weighted by Gasteiger charge is -2.16. The maximum atomic E-state index is 12.9. The van der Waals surface area contributed by atoms with Gasteiger partial charge in [-0.3, -0.25) is 4.79 Å². The molecule has 0 saturated carbocycles. The molecule has 2 rings (SSSR count). The second kappa shape index (κ2) is 6.18. The average molecular weight is 348 g/mol. The summed E-state index contributed by atoms with van der Waals surface area (Å²) >= 11 is 0. The highest BCUT2D eigenvalue weighted by atomic mass is 19.4. The van der Waals surface area contributed by atoms with Crippen molar-refractivity contribution in [1.29, 1.82) is 0 Å². The summed E-state index contributed by atoms with van der Waals surface area (Å²) in [6.45, 7) is 0. The summed E-state index contributed by atoms with van der Waals surface area (Å²) in [7, 11) is 1.22. The molecule has 8 heteroatoms. The van der Waals surface area contributed by atoms with Crippen LogP contribution in [0.1, 0.15) is 21.5 Å². The highest BCUT2D eigenvalue weighted by molar-refractivity contribution is 5.82. The molecule has 0 radical (unpaired) electrons. The van der Waals surface area contributed by atoms with Crippen molar-refractivity contribution >= 4 is 6.29 Å². The topological polar surface area (TPSA) is 26.3 Å². The molecule has 0 aliphatic carbocycles. The predicted octanol–water partition coefficient (Wildman–Crippen LogP) is 5.21. The van der Waals surface area contributed by atoms with Gasteiger partial charge in [0.15, 0.2) is 0 Å². The van der Waals surface area contributed by atoms with Gasteiger partial charge in [-0.2, -0.15) is 26.3 Å². The molecule has 24 heavy (non-hydrogen) atoms. The van der Waals surface area contributed by atoms with Gasteiger partial charge in [0, 0.05) is 11.1 Å². The van der Waals surface area contributed by atoms with Crippen molar-refractivity contribution in [1.82, 2.24) is 0 Å². The number of aldehydes is 1. The Morgan fingerprint density at radius 2 is 1.42 bits per heavy atom. The lowest BCUT2D eigenvalue weighted by molar-refractivity contribution is -0.143. The normalized spacial score (nSPS) is 12.1. The molecular weight excluding hydrogens is 338 g/mol. The number of carbonyl (C=O) groups is 1. The molecule has 0 heterocycles. The second-order valence-electron chi connectivity index (χ2n) is 4.87. The Kier molecular flexibility index (Phi) is 4.59. The number of alkyl halides is 6. The quantitative estimate of drug-likeness (QED) is 0.562. The van der Waals surface area contributed by atoms with Crippen molar-refractivity contribution in [3.05, 3.63) is 53.1 Å². The molecule has 0 amide bonds. The lowest BCUT2D eigenvalue weighted by Crippen LogP contribution is -2.11. The number of methoxy groups -OCH3 is 1. The third kappa shape index (κ3) is 3.69. The maximum absolute atomic E-state index is 12.9. The van der Waals surface area contributed by atoms with Crippen LogP contribution < -0.4 is 4.74 Å². The smallest absolute Gasteiger partial charge is 0.416 e. The van der Waals surface area contributed by atoms with Gasteiger partial charge in [0.1, 0.15) is 12.0 Å². The fourth-order valence-electron chi connectivity index (χ4n) is 2.13. The van der Waals surface area contributed by atoms with Crippen LogP contribution >= 0.6 is 0 Å². The first kappa shape index (κ1) is 17.8. The third-order valence-corrected chi connectivity index (χ3v) is 3.26. The summed E-state index contributed by atoms with van der Waals surface area (Å²) in [5, 5.41) is 0. The molecule has 0 aliphatic heterocycles. The molecule has 0 aliphatic rings. The monoisotopic (exact) mass is 348 g/mol. The second-order valence-corrected chi connectivity index (χ2v) is 4.87. The van der Waals surface area contributed by atoms with E-state index in [9.17, 15) is 31.1 Å². The molecule has 0 aromatic heterocycles. The van der Waals surface area contributed by atoms with Gasteiger partial charge in [0.2, 0.25) is 0 Å². The molecule has 0 bridgehead atoms. The molecule has 2 aromatic carbocycles. The highest BCUT2D eigenvalue weighted by Crippen LogP contribution is 2.40. The van der Waals surface area contributed by atoms with Gasteiger partial charge in [-0.1, -0.05) is 0 Å². The molecule has 128 valence electrons. The van der Waals surface area contributed by atoms with Crippen LogP contribution in [-0.2, 0) is 12.4 Å². The number of halogens is 6. The van der Waals surface area contributed by atoms with Crippen LogP contribution in [0.3, 0.4) is 0 Å². The molecule has 2 aromatic rings. The van der Waals surface area contributed by atoms with E-state index in [1.165, 1.54) is 25.3 Å². The van der Waals surface area contributed by atoms with Gasteiger partial charge in [0.05, 0.1) is 18.2 Å². The number of hydrogen-bond donors (Lipinski definition) is 0. The number of hydrogen-bond acceptors (Lipinski definition) is 2. The van der Waals surface area contributed by atoms with Gasteiger partial charge in [-0.25, -0.2) is 0 Å². The molecular formula is C16H10F6O2. The number of rotatable bonds is 3. The number of ether oxygens (including phenoxy) is 1. The van der Waals surface area contributed by atoms with Gasteiger partial charge in [-0.05, 0) is 42.0 Å². The van der Waals surface area contributed by atoms with Crippen LogP contribution in [0, 0.1) is 0 Å². The first-order valence-corrected chi connectivity index (χ1v) is 6.49. The Hall–Kier alpha value is -2.51. The summed E-state index contributed by atoms with van der Waals surface area (Å²) in [5.74, 6) is 0.0491. The first-order chi connectivity index (χ1) is 11.1. The van der Waals surface area contributed by atoms with E-state index >= 15 is 0 Å². The molecule has 0 saturated heterocycles.